The van der Waals surface area contributed by atoms with Gasteiger partial charge >= 0.3 is 0 Å². The second-order valence-electron chi connectivity index (χ2n) is 4.68. The van der Waals surface area contributed by atoms with Gasteiger partial charge in [0, 0.05) is 19.3 Å². The van der Waals surface area contributed by atoms with Crippen LogP contribution < -0.4 is 4.74 Å². The smallest absolute Gasteiger partial charge is 0.178 e. The van der Waals surface area contributed by atoms with Crippen molar-refractivity contribution in [1.82, 2.24) is 24.5 Å². The highest BCUT2D eigenvalue weighted by atomic mass is 32.1. The van der Waals surface area contributed by atoms with Crippen molar-refractivity contribution < 1.29 is 4.74 Å². The average molecular weight is 303 g/mol. The number of nitrogens with one attached hydrogen (secondary N) is 1. The van der Waals surface area contributed by atoms with Gasteiger partial charge in [0.1, 0.15) is 11.3 Å². The number of hydrogen-bond donors (Lipinski definition) is 1. The Morgan fingerprint density at radius 2 is 2.24 bits per heavy atom. The average Bonchev–Trinajstić information content (AvgIpc) is 3.09. The second kappa shape index (κ2) is 6.09. The number of nitrogens with zero attached hydrogens (tertiary/aromatic N) is 4. The lowest BCUT2D eigenvalue weighted by Crippen LogP contribution is -2.05. The summed E-state index contributed by atoms with van der Waals surface area (Å²) in [6, 6.07) is 6.00. The molecule has 110 valence electrons. The van der Waals surface area contributed by atoms with Gasteiger partial charge in [-0.15, -0.1) is 5.10 Å². The van der Waals surface area contributed by atoms with Crippen molar-refractivity contribution in [3.05, 3.63) is 35.4 Å². The number of aromatic nitrogens is 5. The van der Waals surface area contributed by atoms with E-state index in [0.29, 0.717) is 6.61 Å². The fourth-order valence-electron chi connectivity index (χ4n) is 2.39. The molecule has 3 rings (SSSR count). The number of aryl methyl sites for hydroxylation is 2. The first kappa shape index (κ1) is 13.8. The summed E-state index contributed by atoms with van der Waals surface area (Å²) in [5.41, 5.74) is 2.04. The lowest BCUT2D eigenvalue weighted by atomic mass is 10.3. The number of ether oxygens (including phenoxy) is 1. The molecule has 2 heterocycles. The van der Waals surface area contributed by atoms with Crippen molar-refractivity contribution >= 4 is 23.3 Å². The maximum Gasteiger partial charge on any atom is 0.178 e. The van der Waals surface area contributed by atoms with Gasteiger partial charge in [0.15, 0.2) is 4.77 Å². The summed E-state index contributed by atoms with van der Waals surface area (Å²) in [4.78, 5) is 3.24. The van der Waals surface area contributed by atoms with E-state index in [1.54, 1.807) is 6.20 Å². The van der Waals surface area contributed by atoms with Gasteiger partial charge in [0.25, 0.3) is 0 Å². The topological polar surface area (TPSA) is 60.7 Å². The third kappa shape index (κ3) is 2.82. The maximum absolute atomic E-state index is 5.64. The van der Waals surface area contributed by atoms with Crippen LogP contribution in [0.25, 0.3) is 11.0 Å². The third-order valence-corrected chi connectivity index (χ3v) is 3.64. The number of benzene rings is 1. The molecular formula is C14H17N5OS. The van der Waals surface area contributed by atoms with E-state index in [0.717, 1.165) is 41.1 Å². The first-order valence-corrected chi connectivity index (χ1v) is 7.39. The van der Waals surface area contributed by atoms with Gasteiger partial charge in [0.2, 0.25) is 0 Å². The van der Waals surface area contributed by atoms with E-state index in [4.69, 9.17) is 17.0 Å². The van der Waals surface area contributed by atoms with Crippen molar-refractivity contribution in [3.63, 3.8) is 0 Å². The Morgan fingerprint density at radius 1 is 1.33 bits per heavy atom. The first-order valence-electron chi connectivity index (χ1n) is 6.98. The molecule has 0 aliphatic heterocycles. The zero-order chi connectivity index (χ0) is 14.7. The molecule has 0 unspecified atom stereocenters. The van der Waals surface area contributed by atoms with E-state index in [1.165, 1.54) is 0 Å². The summed E-state index contributed by atoms with van der Waals surface area (Å²) in [7, 11) is 0. The molecule has 1 aromatic carbocycles. The van der Waals surface area contributed by atoms with Gasteiger partial charge in [-0.2, -0.15) is 0 Å². The summed E-state index contributed by atoms with van der Waals surface area (Å²) in [6.07, 6.45) is 4.48. The zero-order valence-corrected chi connectivity index (χ0v) is 12.6. The number of H-pyrrole nitrogens is 1. The number of hydrogen-bond acceptors (Lipinski definition) is 4. The molecule has 0 aliphatic rings. The molecule has 0 atom stereocenters. The zero-order valence-electron chi connectivity index (χ0n) is 11.8. The summed E-state index contributed by atoms with van der Waals surface area (Å²) >= 11 is 5.43. The van der Waals surface area contributed by atoms with Crippen molar-refractivity contribution in [1.29, 1.82) is 0 Å². The molecule has 0 aliphatic carbocycles. The van der Waals surface area contributed by atoms with E-state index in [1.807, 2.05) is 29.9 Å². The Bertz CT molecular complexity index is 774. The third-order valence-electron chi connectivity index (χ3n) is 3.31. The Kier molecular flexibility index (Phi) is 4.01. The van der Waals surface area contributed by atoms with E-state index >= 15 is 0 Å². The van der Waals surface area contributed by atoms with Crippen LogP contribution in [0.4, 0.5) is 0 Å². The predicted octanol–water partition coefficient (Wildman–Crippen LogP) is 2.78. The van der Waals surface area contributed by atoms with Crippen LogP contribution in [0.5, 0.6) is 5.75 Å². The quantitative estimate of drug-likeness (QED) is 0.711. The molecule has 1 N–H and O–H groups in total. The van der Waals surface area contributed by atoms with E-state index in [9.17, 15) is 0 Å². The van der Waals surface area contributed by atoms with Crippen LogP contribution >= 0.6 is 12.2 Å². The van der Waals surface area contributed by atoms with Gasteiger partial charge in [-0.25, -0.2) is 0 Å². The highest BCUT2D eigenvalue weighted by Gasteiger charge is 2.08. The molecule has 0 amide bonds. The van der Waals surface area contributed by atoms with Gasteiger partial charge in [-0.05, 0) is 37.7 Å². The van der Waals surface area contributed by atoms with Crippen LogP contribution in [0.15, 0.2) is 30.6 Å². The first-order chi connectivity index (χ1) is 10.3. The lowest BCUT2D eigenvalue weighted by Gasteiger charge is -2.06. The maximum atomic E-state index is 5.64. The minimum Gasteiger partial charge on any atom is -0.492 e. The fraction of sp³-hybridized carbons (Fsp3) is 0.357. The monoisotopic (exact) mass is 303 g/mol. The van der Waals surface area contributed by atoms with Gasteiger partial charge in [-0.3, -0.25) is 4.68 Å². The number of aromatic amines is 1. The standard InChI is InChI=1S/C14H17N5OS/c1-2-20-12-6-3-5-11-13(12)16-14(21)19(11)9-4-8-18-10-7-15-17-18/h3,5-7,10H,2,4,8-9H2,1H3,(H,16,21). The fourth-order valence-corrected chi connectivity index (χ4v) is 2.69. The largest absolute Gasteiger partial charge is 0.492 e. The van der Waals surface area contributed by atoms with Crippen LogP contribution in [-0.4, -0.2) is 31.2 Å². The molecule has 2 aromatic heterocycles. The van der Waals surface area contributed by atoms with E-state index < -0.39 is 0 Å². The summed E-state index contributed by atoms with van der Waals surface area (Å²) in [5, 5.41) is 7.76. The Balaban J connectivity index is 1.83. The van der Waals surface area contributed by atoms with Crippen LogP contribution in [0, 0.1) is 4.77 Å². The van der Waals surface area contributed by atoms with Crippen molar-refractivity contribution in [2.75, 3.05) is 6.61 Å². The molecule has 3 aromatic rings. The molecule has 0 fully saturated rings. The summed E-state index contributed by atoms with van der Waals surface area (Å²) < 4.78 is 10.3. The van der Waals surface area contributed by atoms with Crippen molar-refractivity contribution in [2.45, 2.75) is 26.4 Å². The lowest BCUT2D eigenvalue weighted by molar-refractivity contribution is 0.343. The Hall–Kier alpha value is -2.15. The molecule has 0 radical (unpaired) electrons. The normalized spacial score (nSPS) is 11.1. The number of para-hydroxylation sites is 1. The van der Waals surface area contributed by atoms with E-state index in [-0.39, 0.29) is 0 Å². The van der Waals surface area contributed by atoms with Gasteiger partial charge in [0.05, 0.1) is 18.3 Å². The highest BCUT2D eigenvalue weighted by molar-refractivity contribution is 7.71. The number of fused-ring (bicyclic) bond motifs is 1. The second-order valence-corrected chi connectivity index (χ2v) is 5.07. The SMILES string of the molecule is CCOc1cccc2c1[nH]c(=S)n2CCCn1ccnn1. The molecule has 0 bridgehead atoms. The molecule has 21 heavy (non-hydrogen) atoms. The van der Waals surface area contributed by atoms with Crippen LogP contribution in [0.1, 0.15) is 13.3 Å². The number of imidazole rings is 1. The molecular weight excluding hydrogens is 286 g/mol. The highest BCUT2D eigenvalue weighted by Crippen LogP contribution is 2.25. The predicted molar refractivity (Wildman–Crippen MR) is 82.9 cm³/mol. The van der Waals surface area contributed by atoms with Gasteiger partial charge in [-0.1, -0.05) is 11.3 Å². The number of rotatable bonds is 6. The molecule has 0 saturated heterocycles. The molecule has 6 nitrogen and oxygen atoms in total. The summed E-state index contributed by atoms with van der Waals surface area (Å²) in [5.74, 6) is 0.844. The Labute approximate surface area is 127 Å². The van der Waals surface area contributed by atoms with Crippen LogP contribution in [-0.2, 0) is 13.1 Å². The van der Waals surface area contributed by atoms with E-state index in [2.05, 4.69) is 25.9 Å². The minimum absolute atomic E-state index is 0.636. The summed E-state index contributed by atoms with van der Waals surface area (Å²) in [6.45, 7) is 4.26. The van der Waals surface area contributed by atoms with Gasteiger partial charge < -0.3 is 14.3 Å². The molecule has 0 spiro atoms. The molecule has 7 heteroatoms. The molecule has 0 saturated carbocycles. The van der Waals surface area contributed by atoms with Crippen molar-refractivity contribution in [3.8, 4) is 5.75 Å². The van der Waals surface area contributed by atoms with Crippen molar-refractivity contribution in [2.24, 2.45) is 0 Å². The van der Waals surface area contributed by atoms with Crippen LogP contribution in [0.2, 0.25) is 0 Å². The van der Waals surface area contributed by atoms with Crippen LogP contribution in [0.3, 0.4) is 0 Å². The minimum atomic E-state index is 0.636. The Morgan fingerprint density at radius 3 is 3.00 bits per heavy atom.